The van der Waals surface area contributed by atoms with Crippen LogP contribution in [0.1, 0.15) is 0 Å². The minimum Gasteiger partial charge on any atom is -0.504 e. The van der Waals surface area contributed by atoms with Crippen molar-refractivity contribution < 1.29 is 23.0 Å². The van der Waals surface area contributed by atoms with Crippen LogP contribution in [-0.4, -0.2) is 12.2 Å². The van der Waals surface area contributed by atoms with Gasteiger partial charge in [-0.2, -0.15) is 0 Å². The Morgan fingerprint density at radius 2 is 1.61 bits per heavy atom. The number of hydrogen-bond acceptors (Lipinski definition) is 2. The normalized spacial score (nSPS) is 10.4. The van der Waals surface area contributed by atoms with Gasteiger partial charge in [0.1, 0.15) is 5.82 Å². The third-order valence-electron chi connectivity index (χ3n) is 2.52. The summed E-state index contributed by atoms with van der Waals surface area (Å²) in [5, 5.41) is 9.82. The number of para-hydroxylation sites is 1. The third-order valence-corrected chi connectivity index (χ3v) is 2.52. The Morgan fingerprint density at radius 3 is 2.28 bits per heavy atom. The summed E-state index contributed by atoms with van der Waals surface area (Å²) in [7, 11) is 1.33. The Kier molecular flexibility index (Phi) is 3.14. The molecule has 94 valence electrons. The van der Waals surface area contributed by atoms with Crippen molar-refractivity contribution in [3.8, 4) is 22.6 Å². The number of hydrogen-bond donors (Lipinski definition) is 1. The lowest BCUT2D eigenvalue weighted by Gasteiger charge is -2.10. The molecule has 0 aliphatic carbocycles. The summed E-state index contributed by atoms with van der Waals surface area (Å²) < 4.78 is 44.4. The molecule has 0 atom stereocenters. The Labute approximate surface area is 101 Å². The van der Waals surface area contributed by atoms with Crippen molar-refractivity contribution in [3.05, 3.63) is 47.8 Å². The Hall–Kier alpha value is -2.17. The van der Waals surface area contributed by atoms with E-state index >= 15 is 0 Å². The van der Waals surface area contributed by atoms with Crippen molar-refractivity contribution in [1.82, 2.24) is 0 Å². The molecule has 1 N–H and O–H groups in total. The first-order chi connectivity index (χ1) is 8.54. The van der Waals surface area contributed by atoms with Gasteiger partial charge in [0, 0.05) is 17.2 Å². The molecule has 0 spiro atoms. The number of methoxy groups -OCH3 is 1. The fourth-order valence-corrected chi connectivity index (χ4v) is 1.63. The highest BCUT2D eigenvalue weighted by Gasteiger charge is 2.16. The highest BCUT2D eigenvalue weighted by molar-refractivity contribution is 5.73. The fourth-order valence-electron chi connectivity index (χ4n) is 1.63. The molecular weight excluding hydrogens is 245 g/mol. The van der Waals surface area contributed by atoms with Crippen molar-refractivity contribution in [3.63, 3.8) is 0 Å². The molecule has 0 aliphatic rings. The molecule has 0 amide bonds. The van der Waals surface area contributed by atoms with E-state index in [4.69, 9.17) is 4.74 Å². The smallest absolute Gasteiger partial charge is 0.165 e. The number of ether oxygens (including phenoxy) is 1. The molecule has 0 saturated carbocycles. The van der Waals surface area contributed by atoms with Crippen LogP contribution in [-0.2, 0) is 0 Å². The number of halogens is 3. The van der Waals surface area contributed by atoms with Gasteiger partial charge in [0.2, 0.25) is 0 Å². The van der Waals surface area contributed by atoms with Gasteiger partial charge in [-0.3, -0.25) is 0 Å². The van der Waals surface area contributed by atoms with E-state index in [1.54, 1.807) is 0 Å². The molecule has 2 rings (SSSR count). The van der Waals surface area contributed by atoms with Crippen LogP contribution in [0, 0.1) is 17.5 Å². The van der Waals surface area contributed by atoms with E-state index in [1.807, 2.05) is 0 Å². The summed E-state index contributed by atoms with van der Waals surface area (Å²) in [4.78, 5) is 0. The molecule has 0 heterocycles. The summed E-state index contributed by atoms with van der Waals surface area (Å²) >= 11 is 0. The van der Waals surface area contributed by atoms with Gasteiger partial charge >= 0.3 is 0 Å². The van der Waals surface area contributed by atoms with E-state index < -0.39 is 17.5 Å². The van der Waals surface area contributed by atoms with Gasteiger partial charge in [0.15, 0.2) is 23.1 Å². The van der Waals surface area contributed by atoms with E-state index in [-0.39, 0.29) is 22.6 Å². The SMILES string of the molecule is COc1cccc(-c2cc(F)c(F)cc2F)c1O. The molecule has 0 radical (unpaired) electrons. The maximum Gasteiger partial charge on any atom is 0.165 e. The quantitative estimate of drug-likeness (QED) is 0.831. The zero-order chi connectivity index (χ0) is 13.3. The molecular formula is C13H9F3O2. The molecule has 2 aromatic carbocycles. The van der Waals surface area contributed by atoms with Gasteiger partial charge in [-0.15, -0.1) is 0 Å². The predicted octanol–water partition coefficient (Wildman–Crippen LogP) is 3.49. The Bertz CT molecular complexity index is 597. The van der Waals surface area contributed by atoms with Crippen molar-refractivity contribution in [2.45, 2.75) is 0 Å². The number of benzene rings is 2. The maximum atomic E-state index is 13.6. The number of rotatable bonds is 2. The van der Waals surface area contributed by atoms with Gasteiger partial charge in [-0.05, 0) is 12.1 Å². The van der Waals surface area contributed by atoms with Crippen LogP contribution in [0.15, 0.2) is 30.3 Å². The van der Waals surface area contributed by atoms with Crippen LogP contribution >= 0.6 is 0 Å². The minimum absolute atomic E-state index is 0.0331. The van der Waals surface area contributed by atoms with Crippen molar-refractivity contribution in [1.29, 1.82) is 0 Å². The lowest BCUT2D eigenvalue weighted by atomic mass is 10.0. The average molecular weight is 254 g/mol. The van der Waals surface area contributed by atoms with Crippen LogP contribution in [0.2, 0.25) is 0 Å². The minimum atomic E-state index is -1.28. The number of phenols is 1. The standard InChI is InChI=1S/C13H9F3O2/c1-18-12-4-2-3-7(13(12)17)8-5-10(15)11(16)6-9(8)14/h2-6,17H,1H3. The summed E-state index contributed by atoms with van der Waals surface area (Å²) in [5.74, 6) is -3.63. The molecule has 0 bridgehead atoms. The largest absolute Gasteiger partial charge is 0.504 e. The molecule has 5 heteroatoms. The van der Waals surface area contributed by atoms with E-state index in [1.165, 1.54) is 25.3 Å². The number of aromatic hydroxyl groups is 1. The second-order valence-electron chi connectivity index (χ2n) is 3.60. The zero-order valence-electron chi connectivity index (χ0n) is 9.38. The first-order valence-corrected chi connectivity index (χ1v) is 5.05. The van der Waals surface area contributed by atoms with Crippen LogP contribution in [0.4, 0.5) is 13.2 Å². The lowest BCUT2D eigenvalue weighted by Crippen LogP contribution is -1.93. The highest BCUT2D eigenvalue weighted by Crippen LogP contribution is 2.38. The van der Waals surface area contributed by atoms with Crippen molar-refractivity contribution in [2.75, 3.05) is 7.11 Å². The summed E-state index contributed by atoms with van der Waals surface area (Å²) in [6, 6.07) is 5.49. The first kappa shape index (κ1) is 12.3. The van der Waals surface area contributed by atoms with E-state index in [0.717, 1.165) is 0 Å². The second-order valence-corrected chi connectivity index (χ2v) is 3.60. The van der Waals surface area contributed by atoms with Crippen molar-refractivity contribution >= 4 is 0 Å². The Balaban J connectivity index is 2.66. The van der Waals surface area contributed by atoms with E-state index in [0.29, 0.717) is 12.1 Å². The van der Waals surface area contributed by atoms with Crippen LogP contribution in [0.3, 0.4) is 0 Å². The highest BCUT2D eigenvalue weighted by atomic mass is 19.2. The van der Waals surface area contributed by atoms with Gasteiger partial charge in [-0.25, -0.2) is 13.2 Å². The zero-order valence-corrected chi connectivity index (χ0v) is 9.38. The van der Waals surface area contributed by atoms with Gasteiger partial charge in [0.05, 0.1) is 7.11 Å². The third kappa shape index (κ3) is 1.99. The van der Waals surface area contributed by atoms with E-state index in [9.17, 15) is 18.3 Å². The van der Waals surface area contributed by atoms with Crippen LogP contribution in [0.25, 0.3) is 11.1 Å². The van der Waals surface area contributed by atoms with Crippen LogP contribution in [0.5, 0.6) is 11.5 Å². The molecule has 2 aromatic rings. The average Bonchev–Trinajstić information content (AvgIpc) is 2.34. The van der Waals surface area contributed by atoms with E-state index in [2.05, 4.69) is 0 Å². The van der Waals surface area contributed by atoms with Gasteiger partial charge < -0.3 is 9.84 Å². The summed E-state index contributed by atoms with van der Waals surface area (Å²) in [5.41, 5.74) is -0.198. The topological polar surface area (TPSA) is 29.5 Å². The molecule has 0 aromatic heterocycles. The summed E-state index contributed by atoms with van der Waals surface area (Å²) in [6.07, 6.45) is 0. The molecule has 0 aliphatic heterocycles. The fraction of sp³-hybridized carbons (Fsp3) is 0.0769. The monoisotopic (exact) mass is 254 g/mol. The van der Waals surface area contributed by atoms with Gasteiger partial charge in [-0.1, -0.05) is 12.1 Å². The predicted molar refractivity (Wildman–Crippen MR) is 60.0 cm³/mol. The maximum absolute atomic E-state index is 13.6. The second kappa shape index (κ2) is 4.60. The van der Waals surface area contributed by atoms with Gasteiger partial charge in [0.25, 0.3) is 0 Å². The number of phenolic OH excluding ortho intramolecular Hbond substituents is 1. The lowest BCUT2D eigenvalue weighted by molar-refractivity contribution is 0.374. The van der Waals surface area contributed by atoms with Crippen LogP contribution < -0.4 is 4.74 Å². The summed E-state index contributed by atoms with van der Waals surface area (Å²) in [6.45, 7) is 0. The Morgan fingerprint density at radius 1 is 0.944 bits per heavy atom. The molecule has 0 fully saturated rings. The molecule has 0 unspecified atom stereocenters. The molecule has 18 heavy (non-hydrogen) atoms. The first-order valence-electron chi connectivity index (χ1n) is 5.05. The molecule has 0 saturated heterocycles. The molecule has 2 nitrogen and oxygen atoms in total. The van der Waals surface area contributed by atoms with Crippen molar-refractivity contribution in [2.24, 2.45) is 0 Å².